The van der Waals surface area contributed by atoms with Crippen molar-refractivity contribution < 1.29 is 23.9 Å². The van der Waals surface area contributed by atoms with E-state index in [0.717, 1.165) is 0 Å². The van der Waals surface area contributed by atoms with Gasteiger partial charge in [0.2, 0.25) is 0 Å². The van der Waals surface area contributed by atoms with Crippen LogP contribution >= 0.6 is 11.6 Å². The highest BCUT2D eigenvalue weighted by Gasteiger charge is 2.18. The molecule has 1 heterocycles. The van der Waals surface area contributed by atoms with E-state index in [1.807, 2.05) is 0 Å². The second-order valence-corrected chi connectivity index (χ2v) is 5.49. The molecule has 0 saturated heterocycles. The fraction of sp³-hybridized carbons (Fsp3) is 0.118. The van der Waals surface area contributed by atoms with Crippen molar-refractivity contribution in [3.05, 3.63) is 64.7 Å². The first kappa shape index (κ1) is 18.3. The van der Waals surface area contributed by atoms with Gasteiger partial charge >= 0.3 is 0 Å². The number of hydrogen-bond donors (Lipinski definition) is 2. The Balaban J connectivity index is 2.26. The molecule has 0 saturated carbocycles. The molecule has 0 spiro atoms. The van der Waals surface area contributed by atoms with Gasteiger partial charge in [-0.15, -0.1) is 0 Å². The van der Waals surface area contributed by atoms with E-state index in [9.17, 15) is 19.5 Å². The Bertz CT molecular complexity index is 797. The lowest BCUT2D eigenvalue weighted by Gasteiger charge is -2.16. The molecule has 25 heavy (non-hydrogen) atoms. The average molecular weight is 362 g/mol. The van der Waals surface area contributed by atoms with Crippen LogP contribution in [0.3, 0.4) is 0 Å². The highest BCUT2D eigenvalue weighted by Crippen LogP contribution is 2.12. The number of rotatable bonds is 6. The lowest BCUT2D eigenvalue weighted by atomic mass is 10.1. The van der Waals surface area contributed by atoms with Crippen LogP contribution in [0.25, 0.3) is 6.08 Å². The molecule has 2 amide bonds. The van der Waals surface area contributed by atoms with E-state index < -0.39 is 23.8 Å². The fourth-order valence-electron chi connectivity index (χ4n) is 1.81. The number of aliphatic carboxylic acids is 1. The Morgan fingerprint density at radius 3 is 2.44 bits per heavy atom. The molecule has 2 N–H and O–H groups in total. The van der Waals surface area contributed by atoms with Crippen molar-refractivity contribution in [1.82, 2.24) is 10.6 Å². The van der Waals surface area contributed by atoms with Crippen LogP contribution in [-0.4, -0.2) is 23.8 Å². The molecule has 0 aliphatic carbocycles. The van der Waals surface area contributed by atoms with E-state index in [4.69, 9.17) is 16.0 Å². The van der Waals surface area contributed by atoms with Gasteiger partial charge in [-0.1, -0.05) is 23.7 Å². The monoisotopic (exact) mass is 361 g/mol. The summed E-state index contributed by atoms with van der Waals surface area (Å²) in [5, 5.41) is 15.9. The van der Waals surface area contributed by atoms with E-state index in [1.165, 1.54) is 31.4 Å². The van der Waals surface area contributed by atoms with E-state index in [-0.39, 0.29) is 11.5 Å². The van der Waals surface area contributed by atoms with Crippen molar-refractivity contribution in [2.75, 3.05) is 0 Å². The molecule has 0 fully saturated rings. The van der Waals surface area contributed by atoms with E-state index in [2.05, 4.69) is 10.6 Å². The first-order valence-electron chi connectivity index (χ1n) is 7.20. The van der Waals surface area contributed by atoms with Crippen LogP contribution in [0.15, 0.2) is 52.8 Å². The number of halogens is 1. The average Bonchev–Trinajstić information content (AvgIpc) is 3.10. The maximum atomic E-state index is 12.3. The number of hydrogen-bond acceptors (Lipinski definition) is 5. The van der Waals surface area contributed by atoms with Crippen molar-refractivity contribution in [1.29, 1.82) is 0 Å². The molecular weight excluding hydrogens is 348 g/mol. The number of furan rings is 1. The number of amides is 2. The molecule has 130 valence electrons. The lowest BCUT2D eigenvalue weighted by Crippen LogP contribution is -2.48. The molecule has 0 radical (unpaired) electrons. The topological polar surface area (TPSA) is 111 Å². The molecule has 0 aliphatic heterocycles. The first-order chi connectivity index (χ1) is 11.9. The molecule has 7 nitrogen and oxygen atoms in total. The van der Waals surface area contributed by atoms with E-state index in [1.54, 1.807) is 24.3 Å². The maximum Gasteiger partial charge on any atom is 0.291 e. The quantitative estimate of drug-likeness (QED) is 0.744. The number of nitrogens with one attached hydrogen (secondary N) is 2. The molecule has 1 atom stereocenters. The minimum atomic E-state index is -1.45. The summed E-state index contributed by atoms with van der Waals surface area (Å²) >= 11 is 5.81. The minimum Gasteiger partial charge on any atom is -0.548 e. The zero-order valence-corrected chi connectivity index (χ0v) is 13.9. The van der Waals surface area contributed by atoms with Crippen LogP contribution in [0.4, 0.5) is 0 Å². The zero-order chi connectivity index (χ0) is 18.4. The molecule has 0 bridgehead atoms. The Morgan fingerprint density at radius 1 is 1.20 bits per heavy atom. The summed E-state index contributed by atoms with van der Waals surface area (Å²) in [6.45, 7) is 1.25. The van der Waals surface area contributed by atoms with Gasteiger partial charge in [0.15, 0.2) is 5.76 Å². The summed E-state index contributed by atoms with van der Waals surface area (Å²) < 4.78 is 4.97. The normalized spacial score (nSPS) is 12.3. The molecule has 1 aromatic heterocycles. The summed E-state index contributed by atoms with van der Waals surface area (Å²) in [5.41, 5.74) is 0.423. The molecule has 2 rings (SSSR count). The molecule has 8 heteroatoms. The third-order valence-electron chi connectivity index (χ3n) is 3.12. The third kappa shape index (κ3) is 5.22. The SMILES string of the molecule is C[C@H](NC(=O)/C(=C/c1ccc(Cl)cc1)NC(=O)c1ccco1)C(=O)[O-]. The third-order valence-corrected chi connectivity index (χ3v) is 3.37. The largest absolute Gasteiger partial charge is 0.548 e. The van der Waals surface area contributed by atoms with Crippen LogP contribution in [0, 0.1) is 0 Å². The second kappa shape index (κ2) is 8.16. The Labute approximate surface area is 148 Å². The van der Waals surface area contributed by atoms with Gasteiger partial charge in [0.1, 0.15) is 5.70 Å². The van der Waals surface area contributed by atoms with Gasteiger partial charge < -0.3 is 25.0 Å². The number of carbonyl (C=O) groups is 3. The fourth-order valence-corrected chi connectivity index (χ4v) is 1.94. The Morgan fingerprint density at radius 2 is 1.88 bits per heavy atom. The van der Waals surface area contributed by atoms with E-state index in [0.29, 0.717) is 10.6 Å². The smallest absolute Gasteiger partial charge is 0.291 e. The van der Waals surface area contributed by atoms with Gasteiger partial charge in [0.05, 0.1) is 18.3 Å². The minimum absolute atomic E-state index is 0.00255. The van der Waals surface area contributed by atoms with Crippen LogP contribution in [0.5, 0.6) is 0 Å². The van der Waals surface area contributed by atoms with Crippen molar-refractivity contribution in [3.63, 3.8) is 0 Å². The van der Waals surface area contributed by atoms with Crippen molar-refractivity contribution in [2.24, 2.45) is 0 Å². The zero-order valence-electron chi connectivity index (χ0n) is 13.1. The van der Waals surface area contributed by atoms with Crippen molar-refractivity contribution >= 4 is 35.5 Å². The highest BCUT2D eigenvalue weighted by atomic mass is 35.5. The van der Waals surface area contributed by atoms with E-state index >= 15 is 0 Å². The summed E-state index contributed by atoms with van der Waals surface area (Å²) in [7, 11) is 0. The first-order valence-corrected chi connectivity index (χ1v) is 7.58. The van der Waals surface area contributed by atoms with Gasteiger partial charge in [-0.25, -0.2) is 0 Å². The predicted octanol–water partition coefficient (Wildman–Crippen LogP) is 0.959. The standard InChI is InChI=1S/C17H15ClN2O5/c1-10(17(23)24)19-15(21)13(9-11-4-6-12(18)7-5-11)20-16(22)14-3-2-8-25-14/h2-10H,1H3,(H,19,21)(H,20,22)(H,23,24)/p-1/b13-9-/t10-/m0/s1. The van der Waals surface area contributed by atoms with Crippen molar-refractivity contribution in [2.45, 2.75) is 13.0 Å². The Kier molecular flexibility index (Phi) is 5.97. The molecule has 0 unspecified atom stereocenters. The van der Waals surface area contributed by atoms with Gasteiger partial charge in [0, 0.05) is 5.02 Å². The van der Waals surface area contributed by atoms with Gasteiger partial charge in [-0.2, -0.15) is 0 Å². The predicted molar refractivity (Wildman–Crippen MR) is 88.2 cm³/mol. The second-order valence-electron chi connectivity index (χ2n) is 5.06. The molecular formula is C17H14ClN2O5-. The van der Waals surface area contributed by atoms with Crippen LogP contribution < -0.4 is 15.7 Å². The number of benzene rings is 1. The highest BCUT2D eigenvalue weighted by molar-refractivity contribution is 6.30. The van der Waals surface area contributed by atoms with Gasteiger partial charge in [0.25, 0.3) is 11.8 Å². The maximum absolute atomic E-state index is 12.3. The summed E-state index contributed by atoms with van der Waals surface area (Å²) in [6, 6.07) is 8.21. The molecule has 0 aliphatic rings. The number of carboxylic acids is 1. The van der Waals surface area contributed by atoms with Gasteiger partial charge in [-0.05, 0) is 42.8 Å². The van der Waals surface area contributed by atoms with Gasteiger partial charge in [-0.3, -0.25) is 9.59 Å². The van der Waals surface area contributed by atoms with Crippen LogP contribution in [-0.2, 0) is 9.59 Å². The van der Waals surface area contributed by atoms with Crippen LogP contribution in [0.2, 0.25) is 5.02 Å². The number of carbonyl (C=O) groups excluding carboxylic acids is 3. The number of carboxylic acid groups (broad SMARTS) is 1. The molecule has 2 aromatic rings. The Hall–Kier alpha value is -3.06. The van der Waals surface area contributed by atoms with Crippen molar-refractivity contribution in [3.8, 4) is 0 Å². The summed E-state index contributed by atoms with van der Waals surface area (Å²) in [5.74, 6) is -2.88. The molecule has 1 aromatic carbocycles. The van der Waals surface area contributed by atoms with Crippen LogP contribution in [0.1, 0.15) is 23.0 Å². The summed E-state index contributed by atoms with van der Waals surface area (Å²) in [4.78, 5) is 35.2. The summed E-state index contributed by atoms with van der Waals surface area (Å²) in [6.07, 6.45) is 2.70. The lowest BCUT2D eigenvalue weighted by molar-refractivity contribution is -0.307.